The van der Waals surface area contributed by atoms with Gasteiger partial charge in [0.1, 0.15) is 5.82 Å². The summed E-state index contributed by atoms with van der Waals surface area (Å²) in [6.45, 7) is 2.02. The zero-order valence-electron chi connectivity index (χ0n) is 11.5. The molecule has 0 aliphatic rings. The molecule has 0 amide bonds. The first kappa shape index (κ1) is 16.6. The van der Waals surface area contributed by atoms with E-state index in [0.29, 0.717) is 10.0 Å². The normalized spacial score (nSPS) is 14.0. The monoisotopic (exact) mass is 343 g/mol. The maximum Gasteiger partial charge on any atom is 0.123 e. The molecule has 0 fully saturated rings. The number of nitrogens with two attached hydrogens (primary N) is 1. The first-order valence-corrected chi connectivity index (χ1v) is 8.27. The number of hydrogen-bond donors (Lipinski definition) is 1. The van der Waals surface area contributed by atoms with Crippen LogP contribution in [0.15, 0.2) is 47.4 Å². The predicted molar refractivity (Wildman–Crippen MR) is 89.7 cm³/mol. The Morgan fingerprint density at radius 1 is 1.14 bits per heavy atom. The largest absolute Gasteiger partial charge is 0.326 e. The third-order valence-electron chi connectivity index (χ3n) is 3.19. The molecule has 5 heteroatoms. The topological polar surface area (TPSA) is 26.0 Å². The molecule has 0 bridgehead atoms. The molecule has 2 aromatic rings. The van der Waals surface area contributed by atoms with Crippen LogP contribution in [0.2, 0.25) is 10.0 Å². The molecule has 0 aromatic heterocycles. The van der Waals surface area contributed by atoms with Crippen molar-refractivity contribution in [1.82, 2.24) is 0 Å². The van der Waals surface area contributed by atoms with Crippen molar-refractivity contribution in [1.29, 1.82) is 0 Å². The van der Waals surface area contributed by atoms with Crippen LogP contribution < -0.4 is 5.73 Å². The molecule has 0 radical (unpaired) electrons. The molecular weight excluding hydrogens is 328 g/mol. The summed E-state index contributed by atoms with van der Waals surface area (Å²) in [5.74, 6) is -0.254. The van der Waals surface area contributed by atoms with Gasteiger partial charge in [-0.15, -0.1) is 11.8 Å². The molecule has 2 rings (SSSR count). The van der Waals surface area contributed by atoms with Crippen LogP contribution in [0.3, 0.4) is 0 Å². The average molecular weight is 344 g/mol. The fourth-order valence-corrected chi connectivity index (χ4v) is 3.64. The van der Waals surface area contributed by atoms with Gasteiger partial charge in [0, 0.05) is 16.2 Å². The van der Waals surface area contributed by atoms with E-state index in [2.05, 4.69) is 0 Å². The van der Waals surface area contributed by atoms with E-state index in [0.717, 1.165) is 16.9 Å². The standard InChI is InChI=1S/C16H16Cl2FNS/c1-2-15(20)16(10-4-3-5-11(19)8-10)21-12-6-7-13(17)14(18)9-12/h3-9,15-16H,2,20H2,1H3. The Morgan fingerprint density at radius 2 is 1.90 bits per heavy atom. The van der Waals surface area contributed by atoms with Crippen molar-refractivity contribution in [3.63, 3.8) is 0 Å². The van der Waals surface area contributed by atoms with E-state index < -0.39 is 0 Å². The zero-order valence-corrected chi connectivity index (χ0v) is 13.9. The van der Waals surface area contributed by atoms with E-state index in [4.69, 9.17) is 28.9 Å². The predicted octanol–water partition coefficient (Wildman–Crippen LogP) is 5.70. The van der Waals surface area contributed by atoms with E-state index in [1.807, 2.05) is 25.1 Å². The van der Waals surface area contributed by atoms with Crippen LogP contribution in [0, 0.1) is 5.82 Å². The molecule has 0 saturated heterocycles. The summed E-state index contributed by atoms with van der Waals surface area (Å²) in [5, 5.41) is 0.982. The van der Waals surface area contributed by atoms with Gasteiger partial charge in [-0.1, -0.05) is 42.3 Å². The van der Waals surface area contributed by atoms with Gasteiger partial charge in [0.15, 0.2) is 0 Å². The van der Waals surface area contributed by atoms with Crippen LogP contribution in [-0.2, 0) is 0 Å². The van der Waals surface area contributed by atoms with Gasteiger partial charge in [-0.2, -0.15) is 0 Å². The van der Waals surface area contributed by atoms with Crippen molar-refractivity contribution in [2.75, 3.05) is 0 Å². The van der Waals surface area contributed by atoms with Crippen molar-refractivity contribution >= 4 is 35.0 Å². The van der Waals surface area contributed by atoms with Crippen LogP contribution in [0.25, 0.3) is 0 Å². The zero-order chi connectivity index (χ0) is 15.4. The second-order valence-electron chi connectivity index (χ2n) is 4.74. The summed E-state index contributed by atoms with van der Waals surface area (Å²) < 4.78 is 13.5. The molecular formula is C16H16Cl2FNS. The average Bonchev–Trinajstić information content (AvgIpc) is 2.47. The van der Waals surface area contributed by atoms with E-state index in [9.17, 15) is 4.39 Å². The first-order chi connectivity index (χ1) is 10.0. The van der Waals surface area contributed by atoms with Crippen LogP contribution in [0.4, 0.5) is 4.39 Å². The van der Waals surface area contributed by atoms with Crippen molar-refractivity contribution in [2.24, 2.45) is 5.73 Å². The minimum absolute atomic E-state index is 0.0389. The Hall–Kier alpha value is -0.740. The van der Waals surface area contributed by atoms with Crippen molar-refractivity contribution < 1.29 is 4.39 Å². The van der Waals surface area contributed by atoms with E-state index >= 15 is 0 Å². The lowest BCUT2D eigenvalue weighted by molar-refractivity contribution is 0.610. The van der Waals surface area contributed by atoms with Gasteiger partial charge in [-0.3, -0.25) is 0 Å². The highest BCUT2D eigenvalue weighted by Crippen LogP contribution is 2.40. The summed E-state index contributed by atoms with van der Waals surface area (Å²) in [7, 11) is 0. The maximum atomic E-state index is 13.5. The fourth-order valence-electron chi connectivity index (χ4n) is 2.00. The summed E-state index contributed by atoms with van der Waals surface area (Å²) >= 11 is 13.5. The number of thioether (sulfide) groups is 1. The van der Waals surface area contributed by atoms with E-state index in [1.54, 1.807) is 23.9 Å². The quantitative estimate of drug-likeness (QED) is 0.704. The van der Waals surface area contributed by atoms with Crippen LogP contribution in [-0.4, -0.2) is 6.04 Å². The van der Waals surface area contributed by atoms with Crippen molar-refractivity contribution in [3.05, 3.63) is 63.9 Å². The summed E-state index contributed by atoms with van der Waals surface area (Å²) in [4.78, 5) is 0.961. The summed E-state index contributed by atoms with van der Waals surface area (Å²) in [5.41, 5.74) is 7.09. The molecule has 21 heavy (non-hydrogen) atoms. The SMILES string of the molecule is CCC(N)C(Sc1ccc(Cl)c(Cl)c1)c1cccc(F)c1. The number of hydrogen-bond acceptors (Lipinski definition) is 2. The fraction of sp³-hybridized carbons (Fsp3) is 0.250. The highest BCUT2D eigenvalue weighted by molar-refractivity contribution is 7.99. The molecule has 112 valence electrons. The second-order valence-corrected chi connectivity index (χ2v) is 6.77. The smallest absolute Gasteiger partial charge is 0.123 e. The second kappa shape index (κ2) is 7.50. The van der Waals surface area contributed by atoms with E-state index in [-0.39, 0.29) is 17.1 Å². The molecule has 2 aromatic carbocycles. The Balaban J connectivity index is 2.30. The molecule has 1 nitrogen and oxygen atoms in total. The first-order valence-electron chi connectivity index (χ1n) is 6.64. The van der Waals surface area contributed by atoms with Gasteiger partial charge in [0.25, 0.3) is 0 Å². The Morgan fingerprint density at radius 3 is 2.52 bits per heavy atom. The molecule has 0 aliphatic carbocycles. The Bertz CT molecular complexity index is 621. The van der Waals surface area contributed by atoms with Crippen molar-refractivity contribution in [3.8, 4) is 0 Å². The summed E-state index contributed by atoms with van der Waals surface area (Å²) in [6, 6.07) is 11.9. The number of benzene rings is 2. The van der Waals surface area contributed by atoms with Crippen LogP contribution >= 0.6 is 35.0 Å². The Kier molecular flexibility index (Phi) is 5.94. The summed E-state index contributed by atoms with van der Waals surface area (Å²) in [6.07, 6.45) is 0.801. The lowest BCUT2D eigenvalue weighted by Crippen LogP contribution is -2.25. The van der Waals surface area contributed by atoms with Gasteiger partial charge < -0.3 is 5.73 Å². The number of halogens is 3. The Labute approximate surface area is 138 Å². The minimum Gasteiger partial charge on any atom is -0.326 e. The van der Waals surface area contributed by atoms with E-state index in [1.165, 1.54) is 12.1 Å². The third kappa shape index (κ3) is 4.36. The number of rotatable bonds is 5. The molecule has 0 saturated carbocycles. The van der Waals surface area contributed by atoms with Gasteiger partial charge >= 0.3 is 0 Å². The lowest BCUT2D eigenvalue weighted by atomic mass is 10.0. The molecule has 0 aliphatic heterocycles. The van der Waals surface area contributed by atoms with Gasteiger partial charge in [0.2, 0.25) is 0 Å². The van der Waals surface area contributed by atoms with Crippen molar-refractivity contribution in [2.45, 2.75) is 29.5 Å². The minimum atomic E-state index is -0.254. The molecule has 0 heterocycles. The van der Waals surface area contributed by atoms with Gasteiger partial charge in [0.05, 0.1) is 10.0 Å². The maximum absolute atomic E-state index is 13.5. The van der Waals surface area contributed by atoms with Crippen LogP contribution in [0.1, 0.15) is 24.2 Å². The molecule has 0 spiro atoms. The highest BCUT2D eigenvalue weighted by atomic mass is 35.5. The van der Waals surface area contributed by atoms with Gasteiger partial charge in [-0.25, -0.2) is 4.39 Å². The van der Waals surface area contributed by atoms with Crippen LogP contribution in [0.5, 0.6) is 0 Å². The third-order valence-corrected chi connectivity index (χ3v) is 5.33. The van der Waals surface area contributed by atoms with Gasteiger partial charge in [-0.05, 0) is 42.3 Å². The molecule has 2 N–H and O–H groups in total. The molecule has 2 atom stereocenters. The highest BCUT2D eigenvalue weighted by Gasteiger charge is 2.20. The molecule has 2 unspecified atom stereocenters. The lowest BCUT2D eigenvalue weighted by Gasteiger charge is -2.23.